The number of nitrogens with one attached hydrogen (secondary N) is 1. The number of allylic oxidation sites excluding steroid dienone is 1. The molecular formula is C26H41NO. The third-order valence-electron chi connectivity index (χ3n) is 10.5. The molecule has 0 aliphatic heterocycles. The zero-order valence-electron chi connectivity index (χ0n) is 18.3. The fourth-order valence-corrected chi connectivity index (χ4v) is 9.22. The molecule has 0 aromatic rings. The molecule has 6 atom stereocenters. The number of amides is 1. The molecule has 5 aliphatic carbocycles. The van der Waals surface area contributed by atoms with Crippen LogP contribution >= 0.6 is 0 Å². The predicted molar refractivity (Wildman–Crippen MR) is 115 cm³/mol. The third kappa shape index (κ3) is 2.68. The number of rotatable bonds is 2. The quantitative estimate of drug-likeness (QED) is 0.549. The van der Waals surface area contributed by atoms with Gasteiger partial charge in [-0.25, -0.2) is 0 Å². The van der Waals surface area contributed by atoms with E-state index in [-0.39, 0.29) is 5.41 Å². The van der Waals surface area contributed by atoms with E-state index in [0.717, 1.165) is 18.3 Å². The standard InChI is InChI=1S/C26H41NO/c1-18-16-26-15-12-21-24(2,22(26)11-10-19(18)17-26)13-7-14-25(21,3)23(28)27-20-8-5-4-6-9-20/h19-22H,1,4-17H2,2-3H3,(H,27,28)/t19?,21?,22?,24-,25-,26-/m1/s1. The molecule has 5 aliphatic rings. The second-order valence-electron chi connectivity index (χ2n) is 11.9. The summed E-state index contributed by atoms with van der Waals surface area (Å²) >= 11 is 0. The molecule has 1 N–H and O–H groups in total. The maximum atomic E-state index is 13.6. The summed E-state index contributed by atoms with van der Waals surface area (Å²) in [6, 6.07) is 0.440. The summed E-state index contributed by atoms with van der Waals surface area (Å²) in [6.07, 6.45) is 18.0. The highest BCUT2D eigenvalue weighted by Crippen LogP contribution is 2.72. The van der Waals surface area contributed by atoms with Gasteiger partial charge in [-0.05, 0) is 92.8 Å². The van der Waals surface area contributed by atoms with Gasteiger partial charge in [0.05, 0.1) is 0 Å². The van der Waals surface area contributed by atoms with E-state index in [1.807, 2.05) is 0 Å². The SMILES string of the molecule is C=C1C[C@@]23CCC4[C@@](C)(CCC[C@@]4(C)C(=O)NC4CCCCC4)C2CCC1C3. The van der Waals surface area contributed by atoms with E-state index in [1.165, 1.54) is 83.5 Å². The molecule has 0 aromatic carbocycles. The molecule has 3 unspecified atom stereocenters. The molecule has 0 radical (unpaired) electrons. The average molecular weight is 384 g/mol. The third-order valence-corrected chi connectivity index (χ3v) is 10.5. The largest absolute Gasteiger partial charge is 0.353 e. The van der Waals surface area contributed by atoms with E-state index in [0.29, 0.717) is 28.7 Å². The Hall–Kier alpha value is -0.790. The first-order chi connectivity index (χ1) is 13.4. The van der Waals surface area contributed by atoms with E-state index in [2.05, 4.69) is 25.7 Å². The number of fused-ring (bicyclic) bond motifs is 3. The zero-order chi connectivity index (χ0) is 19.6. The van der Waals surface area contributed by atoms with Gasteiger partial charge in [-0.3, -0.25) is 4.79 Å². The van der Waals surface area contributed by atoms with Gasteiger partial charge in [0.15, 0.2) is 0 Å². The smallest absolute Gasteiger partial charge is 0.226 e. The van der Waals surface area contributed by atoms with E-state index in [4.69, 9.17) is 0 Å². The molecule has 0 aromatic heterocycles. The lowest BCUT2D eigenvalue weighted by molar-refractivity contribution is -0.168. The van der Waals surface area contributed by atoms with Gasteiger partial charge in [0.2, 0.25) is 5.91 Å². The van der Waals surface area contributed by atoms with Crippen LogP contribution in [-0.4, -0.2) is 11.9 Å². The van der Waals surface area contributed by atoms with Gasteiger partial charge in [0.1, 0.15) is 0 Å². The molecule has 5 rings (SSSR count). The van der Waals surface area contributed by atoms with Gasteiger partial charge in [-0.2, -0.15) is 0 Å². The maximum absolute atomic E-state index is 13.6. The summed E-state index contributed by atoms with van der Waals surface area (Å²) in [5.74, 6) is 2.59. The molecule has 1 amide bonds. The van der Waals surface area contributed by atoms with Crippen molar-refractivity contribution in [1.82, 2.24) is 5.32 Å². The number of hydrogen-bond acceptors (Lipinski definition) is 1. The maximum Gasteiger partial charge on any atom is 0.226 e. The van der Waals surface area contributed by atoms with Gasteiger partial charge in [-0.15, -0.1) is 0 Å². The summed E-state index contributed by atoms with van der Waals surface area (Å²) in [5.41, 5.74) is 2.28. The van der Waals surface area contributed by atoms with Crippen LogP contribution in [0.4, 0.5) is 0 Å². The van der Waals surface area contributed by atoms with Crippen molar-refractivity contribution >= 4 is 5.91 Å². The van der Waals surface area contributed by atoms with Gasteiger partial charge < -0.3 is 5.32 Å². The van der Waals surface area contributed by atoms with Crippen LogP contribution in [0.25, 0.3) is 0 Å². The van der Waals surface area contributed by atoms with Crippen molar-refractivity contribution in [2.45, 2.75) is 110 Å². The van der Waals surface area contributed by atoms with Crippen LogP contribution in [-0.2, 0) is 4.79 Å². The molecule has 0 saturated heterocycles. The van der Waals surface area contributed by atoms with Crippen molar-refractivity contribution in [3.63, 3.8) is 0 Å². The Balaban J connectivity index is 1.41. The Morgan fingerprint density at radius 1 is 0.929 bits per heavy atom. The zero-order valence-corrected chi connectivity index (χ0v) is 18.3. The molecule has 5 fully saturated rings. The van der Waals surface area contributed by atoms with Crippen molar-refractivity contribution in [3.8, 4) is 0 Å². The summed E-state index contributed by atoms with van der Waals surface area (Å²) in [5, 5.41) is 3.54. The minimum Gasteiger partial charge on any atom is -0.353 e. The van der Waals surface area contributed by atoms with Crippen molar-refractivity contribution in [2.75, 3.05) is 0 Å². The van der Waals surface area contributed by atoms with Crippen LogP contribution in [0.1, 0.15) is 104 Å². The van der Waals surface area contributed by atoms with Crippen LogP contribution in [0.5, 0.6) is 0 Å². The summed E-state index contributed by atoms with van der Waals surface area (Å²) in [4.78, 5) is 13.6. The number of carbonyl (C=O) groups is 1. The van der Waals surface area contributed by atoms with Gasteiger partial charge in [0, 0.05) is 11.5 Å². The van der Waals surface area contributed by atoms with Gasteiger partial charge in [-0.1, -0.05) is 51.7 Å². The Kier molecular flexibility index (Phi) is 4.53. The highest BCUT2D eigenvalue weighted by Gasteiger charge is 2.64. The van der Waals surface area contributed by atoms with Crippen LogP contribution in [0.3, 0.4) is 0 Å². The molecule has 0 heterocycles. The Labute approximate surface area is 172 Å². The van der Waals surface area contributed by atoms with Crippen LogP contribution in [0, 0.1) is 34.0 Å². The van der Waals surface area contributed by atoms with Crippen molar-refractivity contribution in [1.29, 1.82) is 0 Å². The van der Waals surface area contributed by atoms with Crippen LogP contribution < -0.4 is 5.32 Å². The summed E-state index contributed by atoms with van der Waals surface area (Å²) < 4.78 is 0. The first kappa shape index (κ1) is 19.2. The first-order valence-electron chi connectivity index (χ1n) is 12.4. The molecule has 156 valence electrons. The van der Waals surface area contributed by atoms with E-state index >= 15 is 0 Å². The normalized spacial score (nSPS) is 48.6. The van der Waals surface area contributed by atoms with Crippen molar-refractivity contribution < 1.29 is 4.79 Å². The van der Waals surface area contributed by atoms with E-state index in [1.54, 1.807) is 5.57 Å². The molecule has 28 heavy (non-hydrogen) atoms. The molecule has 2 nitrogen and oxygen atoms in total. The molecule has 2 heteroatoms. The Morgan fingerprint density at radius 3 is 2.50 bits per heavy atom. The van der Waals surface area contributed by atoms with Crippen molar-refractivity contribution in [3.05, 3.63) is 12.2 Å². The minimum absolute atomic E-state index is 0.154. The lowest BCUT2D eigenvalue weighted by atomic mass is 9.41. The van der Waals surface area contributed by atoms with Crippen LogP contribution in [0.2, 0.25) is 0 Å². The average Bonchev–Trinajstić information content (AvgIpc) is 2.90. The fourth-order valence-electron chi connectivity index (χ4n) is 9.22. The predicted octanol–water partition coefficient (Wildman–Crippen LogP) is 6.40. The van der Waals surface area contributed by atoms with E-state index in [9.17, 15) is 4.79 Å². The molecule has 1 spiro atoms. The van der Waals surface area contributed by atoms with Gasteiger partial charge >= 0.3 is 0 Å². The summed E-state index contributed by atoms with van der Waals surface area (Å²) in [7, 11) is 0. The number of hydrogen-bond donors (Lipinski definition) is 1. The summed E-state index contributed by atoms with van der Waals surface area (Å²) in [6.45, 7) is 9.40. The second-order valence-corrected chi connectivity index (χ2v) is 11.9. The van der Waals surface area contributed by atoms with E-state index < -0.39 is 0 Å². The Bertz CT molecular complexity index is 663. The highest BCUT2D eigenvalue weighted by molar-refractivity contribution is 5.83. The monoisotopic (exact) mass is 383 g/mol. The van der Waals surface area contributed by atoms with Gasteiger partial charge in [0.25, 0.3) is 0 Å². The molecule has 5 saturated carbocycles. The second kappa shape index (κ2) is 6.61. The fraction of sp³-hybridized carbons (Fsp3) is 0.885. The Morgan fingerprint density at radius 2 is 1.71 bits per heavy atom. The highest BCUT2D eigenvalue weighted by atomic mass is 16.2. The molecule has 2 bridgehead atoms. The lowest BCUT2D eigenvalue weighted by Crippen LogP contribution is -2.60. The topological polar surface area (TPSA) is 29.1 Å². The van der Waals surface area contributed by atoms with Crippen LogP contribution in [0.15, 0.2) is 12.2 Å². The van der Waals surface area contributed by atoms with Crippen molar-refractivity contribution in [2.24, 2.45) is 34.0 Å². The first-order valence-corrected chi connectivity index (χ1v) is 12.4. The minimum atomic E-state index is -0.154. The molecular weight excluding hydrogens is 342 g/mol. The lowest BCUT2D eigenvalue weighted by Gasteiger charge is -2.63. The number of carbonyl (C=O) groups excluding carboxylic acids is 1.